The van der Waals surface area contributed by atoms with Crippen LogP contribution in [0.1, 0.15) is 17.7 Å². The fraction of sp³-hybridized carbons (Fsp3) is 0.294. The van der Waals surface area contributed by atoms with Crippen molar-refractivity contribution in [3.63, 3.8) is 0 Å². The number of aromatic nitrogens is 2. The van der Waals surface area contributed by atoms with E-state index < -0.39 is 5.92 Å². The third-order valence-electron chi connectivity index (χ3n) is 3.87. The van der Waals surface area contributed by atoms with E-state index in [1.807, 2.05) is 38.1 Å². The Morgan fingerprint density at radius 3 is 2.65 bits per heavy atom. The molecule has 118 valence electrons. The number of rotatable bonds is 3. The average Bonchev–Trinajstić information content (AvgIpc) is 2.90. The highest BCUT2D eigenvalue weighted by Crippen LogP contribution is 2.26. The quantitative estimate of drug-likeness (QED) is 0.942. The molecule has 1 fully saturated rings. The van der Waals surface area contributed by atoms with Crippen molar-refractivity contribution < 1.29 is 9.59 Å². The largest absolute Gasteiger partial charge is 0.312 e. The second-order valence-corrected chi connectivity index (χ2v) is 5.75. The summed E-state index contributed by atoms with van der Waals surface area (Å²) < 4.78 is 0. The Labute approximate surface area is 134 Å². The van der Waals surface area contributed by atoms with Crippen LogP contribution in [0, 0.1) is 19.8 Å². The smallest absolute Gasteiger partial charge is 0.232 e. The maximum absolute atomic E-state index is 12.3. The van der Waals surface area contributed by atoms with Gasteiger partial charge in [-0.3, -0.25) is 14.9 Å². The van der Waals surface area contributed by atoms with Gasteiger partial charge >= 0.3 is 0 Å². The highest BCUT2D eigenvalue weighted by molar-refractivity contribution is 6.03. The van der Waals surface area contributed by atoms with Crippen molar-refractivity contribution in [2.45, 2.75) is 20.3 Å². The van der Waals surface area contributed by atoms with E-state index in [4.69, 9.17) is 0 Å². The van der Waals surface area contributed by atoms with Crippen LogP contribution in [0.2, 0.25) is 0 Å². The molecule has 2 amide bonds. The van der Waals surface area contributed by atoms with E-state index >= 15 is 0 Å². The molecule has 1 aromatic heterocycles. The van der Waals surface area contributed by atoms with E-state index in [0.29, 0.717) is 6.54 Å². The molecular weight excluding hydrogens is 292 g/mol. The molecule has 6 heteroatoms. The highest BCUT2D eigenvalue weighted by atomic mass is 16.2. The Bertz CT molecular complexity index is 743. The minimum Gasteiger partial charge on any atom is -0.312 e. The van der Waals surface area contributed by atoms with Crippen LogP contribution in [0.3, 0.4) is 0 Å². The van der Waals surface area contributed by atoms with Gasteiger partial charge in [-0.1, -0.05) is 17.7 Å². The highest BCUT2D eigenvalue weighted by Gasteiger charge is 2.35. The maximum atomic E-state index is 12.3. The normalized spacial score (nSPS) is 17.4. The average molecular weight is 310 g/mol. The summed E-state index contributed by atoms with van der Waals surface area (Å²) >= 11 is 0. The van der Waals surface area contributed by atoms with Crippen LogP contribution in [-0.2, 0) is 9.59 Å². The number of benzene rings is 1. The lowest BCUT2D eigenvalue weighted by Gasteiger charge is -2.16. The van der Waals surface area contributed by atoms with E-state index in [9.17, 15) is 9.59 Å². The first-order chi connectivity index (χ1) is 11.0. The Morgan fingerprint density at radius 2 is 1.96 bits per heavy atom. The molecule has 2 heterocycles. The van der Waals surface area contributed by atoms with Gasteiger partial charge in [0.05, 0.1) is 5.92 Å². The molecule has 1 atom stereocenters. The fourth-order valence-electron chi connectivity index (χ4n) is 2.58. The van der Waals surface area contributed by atoms with E-state index in [1.54, 1.807) is 17.2 Å². The molecule has 0 bridgehead atoms. The van der Waals surface area contributed by atoms with Crippen LogP contribution < -0.4 is 10.2 Å². The van der Waals surface area contributed by atoms with Crippen LogP contribution in [0.25, 0.3) is 0 Å². The van der Waals surface area contributed by atoms with Crippen molar-refractivity contribution in [3.8, 4) is 0 Å². The van der Waals surface area contributed by atoms with E-state index in [2.05, 4.69) is 15.3 Å². The molecule has 0 aliphatic carbocycles. The first kappa shape index (κ1) is 15.1. The minimum atomic E-state index is -0.395. The number of amides is 2. The summed E-state index contributed by atoms with van der Waals surface area (Å²) in [4.78, 5) is 34.3. The summed E-state index contributed by atoms with van der Waals surface area (Å²) in [6, 6.07) is 9.47. The molecule has 1 saturated heterocycles. The molecule has 1 aliphatic heterocycles. The molecule has 1 N–H and O–H groups in total. The minimum absolute atomic E-state index is 0.0424. The van der Waals surface area contributed by atoms with Crippen molar-refractivity contribution in [2.75, 3.05) is 16.8 Å². The SMILES string of the molecule is Cc1ccc(N2C[C@H](C(=O)Nc3nccc(C)n3)CC2=O)cc1. The zero-order valence-electron chi connectivity index (χ0n) is 13.1. The lowest BCUT2D eigenvalue weighted by atomic mass is 10.1. The van der Waals surface area contributed by atoms with E-state index in [1.165, 1.54) is 0 Å². The summed E-state index contributed by atoms with van der Waals surface area (Å²) in [6.45, 7) is 4.20. The molecule has 2 aromatic rings. The lowest BCUT2D eigenvalue weighted by Crippen LogP contribution is -2.28. The summed E-state index contributed by atoms with van der Waals surface area (Å²) in [5.74, 6) is -0.387. The first-order valence-corrected chi connectivity index (χ1v) is 7.50. The third-order valence-corrected chi connectivity index (χ3v) is 3.87. The summed E-state index contributed by atoms with van der Waals surface area (Å²) in [5, 5.41) is 2.69. The van der Waals surface area contributed by atoms with Gasteiger partial charge in [-0.15, -0.1) is 0 Å². The van der Waals surface area contributed by atoms with Crippen LogP contribution in [-0.4, -0.2) is 28.3 Å². The third kappa shape index (κ3) is 3.36. The number of hydrogen-bond donors (Lipinski definition) is 1. The van der Waals surface area contributed by atoms with Crippen molar-refractivity contribution in [2.24, 2.45) is 5.92 Å². The molecule has 1 aromatic carbocycles. The molecule has 0 saturated carbocycles. The summed E-state index contributed by atoms with van der Waals surface area (Å²) in [6.07, 6.45) is 1.79. The zero-order chi connectivity index (χ0) is 16.4. The number of carbonyl (C=O) groups is 2. The van der Waals surface area contributed by atoms with Gasteiger partial charge in [0.2, 0.25) is 17.8 Å². The molecular formula is C17H18N4O2. The predicted molar refractivity (Wildman–Crippen MR) is 87.0 cm³/mol. The van der Waals surface area contributed by atoms with Crippen molar-refractivity contribution in [1.82, 2.24) is 9.97 Å². The van der Waals surface area contributed by atoms with Crippen molar-refractivity contribution in [1.29, 1.82) is 0 Å². The Hall–Kier alpha value is -2.76. The number of anilines is 2. The Balaban J connectivity index is 1.69. The Morgan fingerprint density at radius 1 is 1.22 bits per heavy atom. The van der Waals surface area contributed by atoms with Crippen LogP contribution >= 0.6 is 0 Å². The number of nitrogens with one attached hydrogen (secondary N) is 1. The van der Waals surface area contributed by atoms with Crippen LogP contribution in [0.15, 0.2) is 36.5 Å². The van der Waals surface area contributed by atoms with Crippen LogP contribution in [0.4, 0.5) is 11.6 Å². The second kappa shape index (κ2) is 6.16. The molecule has 0 spiro atoms. The van der Waals surface area contributed by atoms with Gasteiger partial charge in [0, 0.05) is 30.5 Å². The topological polar surface area (TPSA) is 75.2 Å². The summed E-state index contributed by atoms with van der Waals surface area (Å²) in [7, 11) is 0. The van der Waals surface area contributed by atoms with Gasteiger partial charge < -0.3 is 4.90 Å². The molecule has 0 unspecified atom stereocenters. The van der Waals surface area contributed by atoms with Gasteiger partial charge in [-0.2, -0.15) is 0 Å². The number of hydrogen-bond acceptors (Lipinski definition) is 4. The molecule has 23 heavy (non-hydrogen) atoms. The Kier molecular flexibility index (Phi) is 4.06. The van der Waals surface area contributed by atoms with Crippen molar-refractivity contribution in [3.05, 3.63) is 47.8 Å². The molecule has 0 radical (unpaired) electrons. The van der Waals surface area contributed by atoms with Gasteiger partial charge in [-0.25, -0.2) is 9.97 Å². The lowest BCUT2D eigenvalue weighted by molar-refractivity contribution is -0.122. The number of nitrogens with zero attached hydrogens (tertiary/aromatic N) is 3. The van der Waals surface area contributed by atoms with Gasteiger partial charge in [0.25, 0.3) is 0 Å². The molecule has 3 rings (SSSR count). The maximum Gasteiger partial charge on any atom is 0.232 e. The van der Waals surface area contributed by atoms with E-state index in [-0.39, 0.29) is 24.2 Å². The van der Waals surface area contributed by atoms with Gasteiger partial charge in [0.15, 0.2) is 0 Å². The van der Waals surface area contributed by atoms with Crippen molar-refractivity contribution >= 4 is 23.5 Å². The number of carbonyl (C=O) groups excluding carboxylic acids is 2. The van der Waals surface area contributed by atoms with Gasteiger partial charge in [-0.05, 0) is 32.0 Å². The number of aryl methyl sites for hydroxylation is 2. The zero-order valence-corrected chi connectivity index (χ0v) is 13.1. The first-order valence-electron chi connectivity index (χ1n) is 7.50. The monoisotopic (exact) mass is 310 g/mol. The predicted octanol–water partition coefficient (Wildman–Crippen LogP) is 2.09. The standard InChI is InChI=1S/C17H18N4O2/c1-11-3-5-14(6-4-11)21-10-13(9-15(21)22)16(23)20-17-18-8-7-12(2)19-17/h3-8,13H,9-10H2,1-2H3,(H,18,19,20,23)/t13-/m1/s1. The molecule has 1 aliphatic rings. The summed E-state index contributed by atoms with van der Waals surface area (Å²) in [5.41, 5.74) is 2.73. The second-order valence-electron chi connectivity index (χ2n) is 5.75. The van der Waals surface area contributed by atoms with Crippen LogP contribution in [0.5, 0.6) is 0 Å². The van der Waals surface area contributed by atoms with E-state index in [0.717, 1.165) is 16.9 Å². The molecule has 6 nitrogen and oxygen atoms in total. The van der Waals surface area contributed by atoms with Gasteiger partial charge in [0.1, 0.15) is 0 Å². The fourth-order valence-corrected chi connectivity index (χ4v) is 2.58.